The predicted octanol–water partition coefficient (Wildman–Crippen LogP) is 1.07. The Morgan fingerprint density at radius 1 is 1.62 bits per heavy atom. The van der Waals surface area contributed by atoms with Crippen LogP contribution in [0.25, 0.3) is 0 Å². The van der Waals surface area contributed by atoms with E-state index in [9.17, 15) is 10.1 Å². The Labute approximate surface area is 88.8 Å². The zero-order valence-electron chi connectivity index (χ0n) is 6.39. The number of hydrogen-bond donors (Lipinski definition) is 0. The topological polar surface area (TPSA) is 62.0 Å². The van der Waals surface area contributed by atoms with Gasteiger partial charge in [-0.3, -0.25) is 10.1 Å². The maximum atomic E-state index is 10.5. The average molecular weight is 247 g/mol. The van der Waals surface area contributed by atoms with Crippen LogP contribution < -0.4 is 0 Å². The molecule has 0 spiro atoms. The van der Waals surface area contributed by atoms with E-state index in [2.05, 4.69) is 5.10 Å². The van der Waals surface area contributed by atoms with Crippen molar-refractivity contribution in [1.82, 2.24) is 9.91 Å². The molecule has 0 aromatic rings. The van der Waals surface area contributed by atoms with E-state index >= 15 is 0 Å². The van der Waals surface area contributed by atoms with Gasteiger partial charge in [0, 0.05) is 7.05 Å². The van der Waals surface area contributed by atoms with E-state index in [1.54, 1.807) is 0 Å². The molecule has 0 saturated heterocycles. The Bertz CT molecular complexity index is 252. The van der Waals surface area contributed by atoms with E-state index in [4.69, 9.17) is 34.8 Å². The molecule has 0 aromatic carbocycles. The third-order valence-electron chi connectivity index (χ3n) is 1.42. The highest BCUT2D eigenvalue weighted by atomic mass is 35.6. The average Bonchev–Trinajstić information content (AvgIpc) is 2.28. The van der Waals surface area contributed by atoms with E-state index in [1.165, 1.54) is 7.05 Å². The Hall–Kier alpha value is -0.460. The quantitative estimate of drug-likeness (QED) is 0.301. The summed E-state index contributed by atoms with van der Waals surface area (Å²) in [5.41, 5.74) is 0. The lowest BCUT2D eigenvalue weighted by Crippen LogP contribution is -2.49. The van der Waals surface area contributed by atoms with Gasteiger partial charge in [-0.2, -0.15) is 5.10 Å². The minimum absolute atomic E-state index is 0.602. The molecular weight excluding hydrogens is 242 g/mol. The number of rotatable bonds is 1. The van der Waals surface area contributed by atoms with Gasteiger partial charge in [-0.25, -0.2) is 9.91 Å². The van der Waals surface area contributed by atoms with Crippen LogP contribution in [0.2, 0.25) is 0 Å². The van der Waals surface area contributed by atoms with Gasteiger partial charge in [-0.1, -0.05) is 34.8 Å². The Morgan fingerprint density at radius 3 is 2.46 bits per heavy atom. The lowest BCUT2D eigenvalue weighted by atomic mass is 10.7. The van der Waals surface area contributed by atoms with Crippen molar-refractivity contribution in [2.24, 2.45) is 5.10 Å². The summed E-state index contributed by atoms with van der Waals surface area (Å²) in [6.07, 6.45) is -0.159. The molecular formula is C4H5Cl3N4O2. The Kier molecular flexibility index (Phi) is 2.74. The van der Waals surface area contributed by atoms with Gasteiger partial charge in [0.25, 0.3) is 3.92 Å². The van der Waals surface area contributed by atoms with Gasteiger partial charge in [-0.05, 0) is 0 Å². The van der Waals surface area contributed by atoms with Crippen LogP contribution in [0.5, 0.6) is 0 Å². The number of halogens is 3. The summed E-state index contributed by atoms with van der Waals surface area (Å²) in [5, 5.41) is 15.2. The smallest absolute Gasteiger partial charge is 0.261 e. The molecule has 0 saturated carbocycles. The maximum Gasteiger partial charge on any atom is 0.386 e. The van der Waals surface area contributed by atoms with Crippen LogP contribution in [0.1, 0.15) is 0 Å². The van der Waals surface area contributed by atoms with E-state index in [0.717, 1.165) is 16.2 Å². The highest BCUT2D eigenvalue weighted by Crippen LogP contribution is 2.34. The van der Waals surface area contributed by atoms with Crippen molar-refractivity contribution in [3.05, 3.63) is 10.1 Å². The molecule has 0 N–H and O–H groups in total. The summed E-state index contributed by atoms with van der Waals surface area (Å²) >= 11 is 16.4. The molecule has 13 heavy (non-hydrogen) atoms. The van der Waals surface area contributed by atoms with Crippen LogP contribution in [0.4, 0.5) is 0 Å². The number of hydrazone groups is 1. The fourth-order valence-electron chi connectivity index (χ4n) is 0.871. The van der Waals surface area contributed by atoms with Gasteiger partial charge in [0.05, 0.1) is 4.92 Å². The zero-order chi connectivity index (χ0) is 10.2. The largest absolute Gasteiger partial charge is 0.386 e. The summed E-state index contributed by atoms with van der Waals surface area (Å²) < 4.78 is -1.87. The summed E-state index contributed by atoms with van der Waals surface area (Å²) in [6.45, 7) is 0. The molecule has 9 heteroatoms. The third kappa shape index (κ3) is 2.07. The van der Waals surface area contributed by atoms with Crippen LogP contribution in [0.3, 0.4) is 0 Å². The van der Waals surface area contributed by atoms with Gasteiger partial charge >= 0.3 is 6.29 Å². The van der Waals surface area contributed by atoms with Crippen molar-refractivity contribution in [2.75, 3.05) is 7.05 Å². The van der Waals surface area contributed by atoms with Crippen LogP contribution in [0, 0.1) is 10.1 Å². The van der Waals surface area contributed by atoms with E-state index in [-0.39, 0.29) is 0 Å². The molecule has 0 amide bonds. The van der Waals surface area contributed by atoms with Crippen LogP contribution in [-0.2, 0) is 0 Å². The van der Waals surface area contributed by atoms with Gasteiger partial charge < -0.3 is 0 Å². The summed E-state index contributed by atoms with van der Waals surface area (Å²) in [7, 11) is 1.42. The van der Waals surface area contributed by atoms with Crippen LogP contribution in [-0.4, -0.2) is 38.4 Å². The van der Waals surface area contributed by atoms with Crippen LogP contribution in [0.15, 0.2) is 5.10 Å². The molecule has 0 aromatic heterocycles. The van der Waals surface area contributed by atoms with Crippen molar-refractivity contribution in [3.8, 4) is 0 Å². The Morgan fingerprint density at radius 2 is 2.15 bits per heavy atom. The fourth-order valence-corrected chi connectivity index (χ4v) is 1.26. The molecule has 6 nitrogen and oxygen atoms in total. The molecule has 1 unspecified atom stereocenters. The van der Waals surface area contributed by atoms with Gasteiger partial charge in [0.1, 0.15) is 6.34 Å². The standard InChI is InChI=1S/C4H5Cl3N4O2/c1-9-3(11(12)13)10(2-8-9)4(5,6)7/h2-3H,1H3. The monoisotopic (exact) mass is 246 g/mol. The minimum Gasteiger partial charge on any atom is -0.261 e. The second-order valence-electron chi connectivity index (χ2n) is 2.31. The molecule has 0 aliphatic carbocycles. The van der Waals surface area contributed by atoms with Gasteiger partial charge in [-0.15, -0.1) is 0 Å². The van der Waals surface area contributed by atoms with Crippen molar-refractivity contribution in [3.63, 3.8) is 0 Å². The van der Waals surface area contributed by atoms with E-state index in [1.807, 2.05) is 0 Å². The fraction of sp³-hybridized carbons (Fsp3) is 0.750. The summed E-state index contributed by atoms with van der Waals surface area (Å²) in [4.78, 5) is 10.8. The molecule has 1 rings (SSSR count). The van der Waals surface area contributed by atoms with Gasteiger partial charge in [0.15, 0.2) is 0 Å². The van der Waals surface area contributed by atoms with E-state index in [0.29, 0.717) is 0 Å². The lowest BCUT2D eigenvalue weighted by Gasteiger charge is -2.26. The Balaban J connectivity index is 2.88. The SMILES string of the molecule is CN1N=CN(C(Cl)(Cl)Cl)C1[N+](=O)[O-]. The van der Waals surface area contributed by atoms with Crippen LogP contribution >= 0.6 is 34.8 Å². The third-order valence-corrected chi connectivity index (χ3v) is 2.01. The predicted molar refractivity (Wildman–Crippen MR) is 49.2 cm³/mol. The molecule has 1 heterocycles. The molecule has 0 bridgehead atoms. The minimum atomic E-state index is -1.87. The van der Waals surface area contributed by atoms with Crippen molar-refractivity contribution < 1.29 is 4.92 Å². The highest BCUT2D eigenvalue weighted by Gasteiger charge is 2.46. The van der Waals surface area contributed by atoms with Gasteiger partial charge in [0.2, 0.25) is 0 Å². The molecule has 74 valence electrons. The first-order valence-corrected chi connectivity index (χ1v) is 4.23. The number of hydrogen-bond acceptors (Lipinski definition) is 5. The van der Waals surface area contributed by atoms with Crippen molar-refractivity contribution >= 4 is 41.1 Å². The number of nitrogens with zero attached hydrogens (tertiary/aromatic N) is 4. The van der Waals surface area contributed by atoms with E-state index < -0.39 is 15.1 Å². The zero-order valence-corrected chi connectivity index (χ0v) is 8.66. The second-order valence-corrected chi connectivity index (χ2v) is 4.53. The summed E-state index contributed by atoms with van der Waals surface area (Å²) in [5.74, 6) is 0. The molecule has 0 fully saturated rings. The van der Waals surface area contributed by atoms with Crippen molar-refractivity contribution in [1.29, 1.82) is 0 Å². The molecule has 0 radical (unpaired) electrons. The lowest BCUT2D eigenvalue weighted by molar-refractivity contribution is -0.569. The number of nitro groups is 1. The maximum absolute atomic E-state index is 10.5. The summed E-state index contributed by atoms with van der Waals surface area (Å²) in [6, 6.07) is 0. The molecule has 1 aliphatic heterocycles. The first-order valence-electron chi connectivity index (χ1n) is 3.09. The first kappa shape index (κ1) is 10.6. The number of alkyl halides is 3. The second kappa shape index (κ2) is 3.36. The first-order chi connectivity index (χ1) is 5.84. The normalized spacial score (nSPS) is 22.6. The highest BCUT2D eigenvalue weighted by molar-refractivity contribution is 6.67. The molecule has 1 atom stereocenters. The molecule has 1 aliphatic rings. The van der Waals surface area contributed by atoms with Crippen molar-refractivity contribution in [2.45, 2.75) is 10.2 Å².